The molecule has 1 saturated carbocycles. The van der Waals surface area contributed by atoms with Gasteiger partial charge in [0.25, 0.3) is 0 Å². The van der Waals surface area contributed by atoms with Gasteiger partial charge in [0.2, 0.25) is 0 Å². The van der Waals surface area contributed by atoms with Crippen molar-refractivity contribution in [3.05, 3.63) is 181 Å². The number of anilines is 4. The number of fused-ring (bicyclic) bond motifs is 2. The van der Waals surface area contributed by atoms with Crippen LogP contribution in [0.4, 0.5) is 22.7 Å². The minimum Gasteiger partial charge on any atom is -0.851 e. The maximum Gasteiger partial charge on any atom is 0.121 e. The van der Waals surface area contributed by atoms with Crippen LogP contribution in [0.15, 0.2) is 170 Å². The van der Waals surface area contributed by atoms with Crippen LogP contribution in [0.25, 0.3) is 43.8 Å². The van der Waals surface area contributed by atoms with Crippen LogP contribution in [-0.4, -0.2) is 35.5 Å². The Morgan fingerprint density at radius 3 is 1.52 bits per heavy atom. The van der Waals surface area contributed by atoms with Gasteiger partial charge in [0, 0.05) is 58.7 Å². The van der Waals surface area contributed by atoms with E-state index in [1.165, 1.54) is 0 Å². The predicted molar refractivity (Wildman–Crippen MR) is 252 cm³/mol. The maximum atomic E-state index is 14.6. The summed E-state index contributed by atoms with van der Waals surface area (Å²) in [6, 6.07) is 56.2. The van der Waals surface area contributed by atoms with Crippen molar-refractivity contribution < 1.29 is 20.4 Å². The number of phenolic OH excluding ortho intramolecular Hbond substituents is 2. The van der Waals surface area contributed by atoms with E-state index in [0.717, 1.165) is 99.6 Å². The zero-order valence-corrected chi connectivity index (χ0v) is 35.3. The molecule has 2 atom stereocenters. The Labute approximate surface area is 364 Å². The summed E-state index contributed by atoms with van der Waals surface area (Å²) in [5.74, 6) is -2.13. The summed E-state index contributed by atoms with van der Waals surface area (Å²) in [4.78, 5) is 4.49. The molecule has 0 aliphatic heterocycles. The Hall–Kier alpha value is -6.60. The molecule has 0 heterocycles. The van der Waals surface area contributed by atoms with E-state index in [2.05, 4.69) is 84.3 Å². The lowest BCUT2D eigenvalue weighted by atomic mass is 9.62. The molecule has 2 N–H and O–H groups in total. The molecule has 1 fully saturated rings. The largest absolute Gasteiger partial charge is 0.851 e. The van der Waals surface area contributed by atoms with E-state index in [4.69, 9.17) is 0 Å². The molecule has 8 aromatic rings. The van der Waals surface area contributed by atoms with Crippen molar-refractivity contribution in [2.45, 2.75) is 63.6 Å². The third-order valence-electron chi connectivity index (χ3n) is 12.7. The first-order valence-electron chi connectivity index (χ1n) is 22.0. The van der Waals surface area contributed by atoms with Crippen molar-refractivity contribution >= 4 is 44.3 Å². The fraction of sp³-hybridized carbons (Fsp3) is 0.214. The van der Waals surface area contributed by atoms with Crippen LogP contribution >= 0.6 is 0 Å². The lowest BCUT2D eigenvalue weighted by Gasteiger charge is -2.62. The fourth-order valence-electron chi connectivity index (χ4n) is 9.54. The summed E-state index contributed by atoms with van der Waals surface area (Å²) in [6.45, 7) is 6.05. The highest BCUT2D eigenvalue weighted by Crippen LogP contribution is 2.54. The zero-order chi connectivity index (χ0) is 42.7. The molecule has 1 aliphatic carbocycles. The first kappa shape index (κ1) is 40.8. The van der Waals surface area contributed by atoms with Crippen molar-refractivity contribution in [1.82, 2.24) is 0 Å². The van der Waals surface area contributed by atoms with Gasteiger partial charge in [-0.3, -0.25) is 0 Å². The molecule has 1 aliphatic rings. The molecule has 0 spiro atoms. The monoisotopic (exact) mass is 816 g/mol. The quantitative estimate of drug-likeness (QED) is 0.106. The number of hydrogen-bond acceptors (Lipinski definition) is 6. The molecule has 6 heteroatoms. The van der Waals surface area contributed by atoms with Crippen LogP contribution in [0, 0.1) is 0 Å². The number of para-hydroxylation sites is 2. The highest BCUT2D eigenvalue weighted by Gasteiger charge is 2.42. The number of rotatable bonds is 14. The molecule has 0 bridgehead atoms. The van der Waals surface area contributed by atoms with E-state index >= 15 is 0 Å². The molecule has 0 amide bonds. The van der Waals surface area contributed by atoms with Crippen LogP contribution in [0.3, 0.4) is 0 Å². The van der Waals surface area contributed by atoms with Crippen molar-refractivity contribution in [3.63, 3.8) is 0 Å². The first-order valence-corrected chi connectivity index (χ1v) is 22.0. The van der Waals surface area contributed by atoms with Gasteiger partial charge in [-0.1, -0.05) is 154 Å². The average molecular weight is 817 g/mol. The van der Waals surface area contributed by atoms with Crippen molar-refractivity contribution in [2.75, 3.05) is 22.9 Å². The second-order valence-electron chi connectivity index (χ2n) is 16.6. The molecule has 312 valence electrons. The molecular formula is C56H52N2O4-2. The second-order valence-corrected chi connectivity index (χ2v) is 16.6. The van der Waals surface area contributed by atoms with Crippen molar-refractivity contribution in [3.8, 4) is 33.8 Å². The van der Waals surface area contributed by atoms with Gasteiger partial charge in [0.05, 0.1) is 11.4 Å². The fourth-order valence-corrected chi connectivity index (χ4v) is 9.54. The van der Waals surface area contributed by atoms with E-state index in [0.29, 0.717) is 16.8 Å². The van der Waals surface area contributed by atoms with E-state index in [9.17, 15) is 20.4 Å². The third-order valence-corrected chi connectivity index (χ3v) is 12.7. The SMILES string of the molecule is CCCCN(CCCC)c1cc(O)c(C2C([O-])C(c3ccc(N(c4ccccc4-c4ccccc4)c4ccccc4-c4ccccc4)cc3O)C2[O-])c2cc3ccccc3cc12. The minimum atomic E-state index is -1.38. The molecule has 8 aromatic carbocycles. The second kappa shape index (κ2) is 17.8. The number of hydrogen-bond donors (Lipinski definition) is 2. The van der Waals surface area contributed by atoms with E-state index in [-0.39, 0.29) is 11.5 Å². The number of benzene rings is 8. The van der Waals surface area contributed by atoms with Crippen LogP contribution in [0.5, 0.6) is 11.5 Å². The van der Waals surface area contributed by atoms with Gasteiger partial charge in [-0.2, -0.15) is 0 Å². The van der Waals surface area contributed by atoms with Gasteiger partial charge in [-0.25, -0.2) is 0 Å². The van der Waals surface area contributed by atoms with Crippen molar-refractivity contribution in [2.24, 2.45) is 0 Å². The summed E-state index contributed by atoms with van der Waals surface area (Å²) in [5.41, 5.74) is 8.25. The number of aromatic hydroxyl groups is 2. The van der Waals surface area contributed by atoms with Crippen molar-refractivity contribution in [1.29, 1.82) is 0 Å². The number of nitrogens with zero attached hydrogens (tertiary/aromatic N) is 2. The Balaban J connectivity index is 1.12. The summed E-state index contributed by atoms with van der Waals surface area (Å²) in [7, 11) is 0. The highest BCUT2D eigenvalue weighted by atomic mass is 16.3. The molecule has 9 rings (SSSR count). The molecule has 2 unspecified atom stereocenters. The molecule has 62 heavy (non-hydrogen) atoms. The van der Waals surface area contributed by atoms with Crippen LogP contribution in [-0.2, 0) is 0 Å². The molecule has 0 aromatic heterocycles. The smallest absolute Gasteiger partial charge is 0.121 e. The van der Waals surface area contributed by atoms with Gasteiger partial charge in [0.1, 0.15) is 11.5 Å². The summed E-state index contributed by atoms with van der Waals surface area (Å²) < 4.78 is 0. The molecular weight excluding hydrogens is 765 g/mol. The molecule has 0 radical (unpaired) electrons. The predicted octanol–water partition coefficient (Wildman–Crippen LogP) is 12.0. The topological polar surface area (TPSA) is 93.1 Å². The van der Waals surface area contributed by atoms with Gasteiger partial charge >= 0.3 is 0 Å². The number of unbranched alkanes of at least 4 members (excludes halogenated alkanes) is 2. The lowest BCUT2D eigenvalue weighted by Crippen LogP contribution is -2.63. The normalized spacial score (nSPS) is 17.2. The van der Waals surface area contributed by atoms with Crippen LogP contribution < -0.4 is 20.0 Å². The number of phenols is 2. The highest BCUT2D eigenvalue weighted by molar-refractivity contribution is 6.07. The standard InChI is InChI=1S/C56H52N2O4/c1-3-5-31-57(32-6-4-2)49-36-51(60)52(46-34-40-24-14-13-23-39(40)33-45(46)49)54-55(61)53(56(54)62)44-30-29-41(35-50(44)59)58(47-27-17-15-25-42(47)37-19-9-7-10-20-37)48-28-18-16-26-43(48)38-21-11-8-12-22-38/h7-30,33-36,53-56,59-60H,3-6,31-32H2,1-2H3/q-2. The molecule has 6 nitrogen and oxygen atoms in total. The Bertz CT molecular complexity index is 2720. The van der Waals surface area contributed by atoms with Gasteiger partial charge in [-0.05, 0) is 87.9 Å². The maximum absolute atomic E-state index is 14.6. The van der Waals surface area contributed by atoms with Gasteiger partial charge in [0.15, 0.2) is 0 Å². The van der Waals surface area contributed by atoms with Gasteiger partial charge < -0.3 is 30.2 Å². The lowest BCUT2D eigenvalue weighted by molar-refractivity contribution is -0.536. The summed E-state index contributed by atoms with van der Waals surface area (Å²) in [6.07, 6.45) is 1.34. The summed E-state index contributed by atoms with van der Waals surface area (Å²) >= 11 is 0. The summed E-state index contributed by atoms with van der Waals surface area (Å²) in [5, 5.41) is 56.8. The first-order chi connectivity index (χ1) is 30.4. The zero-order valence-electron chi connectivity index (χ0n) is 35.3. The average Bonchev–Trinajstić information content (AvgIpc) is 3.31. The van der Waals surface area contributed by atoms with Crippen LogP contribution in [0.1, 0.15) is 62.5 Å². The van der Waals surface area contributed by atoms with E-state index in [1.54, 1.807) is 18.2 Å². The Kier molecular flexibility index (Phi) is 11.7. The van der Waals surface area contributed by atoms with E-state index in [1.807, 2.05) is 91.0 Å². The molecule has 0 saturated heterocycles. The minimum absolute atomic E-state index is 0.0182. The third kappa shape index (κ3) is 7.55. The van der Waals surface area contributed by atoms with Crippen LogP contribution in [0.2, 0.25) is 0 Å². The van der Waals surface area contributed by atoms with Gasteiger partial charge in [-0.15, -0.1) is 12.2 Å². The Morgan fingerprint density at radius 1 is 0.484 bits per heavy atom. The Morgan fingerprint density at radius 2 is 0.984 bits per heavy atom. The van der Waals surface area contributed by atoms with E-state index < -0.39 is 24.0 Å².